The Hall–Kier alpha value is -2.69. The molecule has 2 rings (SSSR count). The van der Waals surface area contributed by atoms with Crippen molar-refractivity contribution in [2.45, 2.75) is 44.3 Å². The largest absolute Gasteiger partial charge is 0.491 e. The maximum Gasteiger partial charge on any atom is 0.233 e. The number of nitrogens with one attached hydrogen (secondary N) is 1. The van der Waals surface area contributed by atoms with Gasteiger partial charge in [-0.1, -0.05) is 47.7 Å². The molecule has 9 nitrogen and oxygen atoms in total. The van der Waals surface area contributed by atoms with Crippen molar-refractivity contribution in [1.29, 1.82) is 0 Å². The molecule has 182 valence electrons. The third-order valence-electron chi connectivity index (χ3n) is 5.24. The second kappa shape index (κ2) is 13.1. The minimum absolute atomic E-state index is 0.0683. The Morgan fingerprint density at radius 1 is 1.30 bits per heavy atom. The van der Waals surface area contributed by atoms with Gasteiger partial charge in [0.25, 0.3) is 0 Å². The topological polar surface area (TPSA) is 146 Å². The molecular formula is C23H32N2O7S. The zero-order chi connectivity index (χ0) is 24.3. The van der Waals surface area contributed by atoms with Gasteiger partial charge in [-0.25, -0.2) is 8.42 Å². The average Bonchev–Trinajstić information content (AvgIpc) is 3.07. The van der Waals surface area contributed by atoms with Crippen LogP contribution in [0.15, 0.2) is 59.8 Å². The van der Waals surface area contributed by atoms with E-state index in [9.17, 15) is 28.6 Å². The second-order valence-electron chi connectivity index (χ2n) is 8.03. The van der Waals surface area contributed by atoms with E-state index in [0.29, 0.717) is 30.7 Å². The summed E-state index contributed by atoms with van der Waals surface area (Å²) in [5, 5.41) is 33.3. The van der Waals surface area contributed by atoms with E-state index in [1.807, 2.05) is 35.1 Å². The highest BCUT2D eigenvalue weighted by Gasteiger charge is 2.38. The summed E-state index contributed by atoms with van der Waals surface area (Å²) in [5.41, 5.74) is 0.450. The Kier molecular flexibility index (Phi) is 10.6. The first kappa shape index (κ1) is 26.6. The van der Waals surface area contributed by atoms with Crippen molar-refractivity contribution in [3.8, 4) is 5.75 Å². The number of sulfonamides is 1. The van der Waals surface area contributed by atoms with Crippen molar-refractivity contribution in [2.75, 3.05) is 12.9 Å². The normalized spacial score (nSPS) is 23.4. The quantitative estimate of drug-likeness (QED) is 0.155. The number of nitrogens with zero attached hydrogens (tertiary/aromatic N) is 1. The number of hydrogen-bond acceptors (Lipinski definition) is 8. The van der Waals surface area contributed by atoms with E-state index in [0.717, 1.165) is 6.26 Å². The lowest BCUT2D eigenvalue weighted by Crippen LogP contribution is -2.28. The smallest absolute Gasteiger partial charge is 0.233 e. The van der Waals surface area contributed by atoms with Gasteiger partial charge in [-0.05, 0) is 31.4 Å². The highest BCUT2D eigenvalue weighted by atomic mass is 32.2. The van der Waals surface area contributed by atoms with Crippen LogP contribution in [0.2, 0.25) is 0 Å². The molecule has 4 unspecified atom stereocenters. The summed E-state index contributed by atoms with van der Waals surface area (Å²) >= 11 is 0. The predicted octanol–water partition coefficient (Wildman–Crippen LogP) is 2.00. The van der Waals surface area contributed by atoms with E-state index in [1.54, 1.807) is 24.3 Å². The maximum atomic E-state index is 11.5. The molecule has 1 aliphatic rings. The zero-order valence-electron chi connectivity index (χ0n) is 18.6. The van der Waals surface area contributed by atoms with Crippen LogP contribution in [0.1, 0.15) is 32.1 Å². The molecule has 1 aromatic carbocycles. The van der Waals surface area contributed by atoms with Crippen molar-refractivity contribution in [3.63, 3.8) is 0 Å². The van der Waals surface area contributed by atoms with Gasteiger partial charge in [0.15, 0.2) is 0 Å². The summed E-state index contributed by atoms with van der Waals surface area (Å²) in [7, 11) is -3.54. The van der Waals surface area contributed by atoms with Crippen LogP contribution < -0.4 is 9.46 Å². The lowest BCUT2D eigenvalue weighted by Gasteiger charge is -2.18. The Balaban J connectivity index is 1.84. The number of ether oxygens (including phenoxy) is 1. The van der Waals surface area contributed by atoms with Crippen LogP contribution in [0.5, 0.6) is 5.75 Å². The number of aliphatic hydroxyl groups excluding tert-OH is 2. The summed E-state index contributed by atoms with van der Waals surface area (Å²) in [6, 6.07) is 9.13. The minimum atomic E-state index is -3.54. The number of allylic oxidation sites excluding steroid dienone is 3. The minimum Gasteiger partial charge on any atom is -0.491 e. The Morgan fingerprint density at radius 3 is 2.70 bits per heavy atom. The number of carbonyl (C=O) groups is 1. The van der Waals surface area contributed by atoms with Gasteiger partial charge in [-0.3, -0.25) is 9.52 Å². The van der Waals surface area contributed by atoms with Crippen LogP contribution >= 0.6 is 0 Å². The summed E-state index contributed by atoms with van der Waals surface area (Å²) in [6.45, 7) is 0.0683. The number of benzene rings is 1. The summed E-state index contributed by atoms with van der Waals surface area (Å²) in [6.07, 6.45) is 8.38. The van der Waals surface area contributed by atoms with E-state index in [1.165, 1.54) is 0 Å². The molecule has 4 N–H and O–H groups in total. The molecule has 1 amide bonds. The molecule has 1 saturated carbocycles. The number of carbonyl (C=O) groups excluding carboxylic acids is 1. The van der Waals surface area contributed by atoms with E-state index in [-0.39, 0.29) is 31.3 Å². The van der Waals surface area contributed by atoms with Gasteiger partial charge < -0.3 is 20.2 Å². The zero-order valence-corrected chi connectivity index (χ0v) is 19.4. The predicted molar refractivity (Wildman–Crippen MR) is 125 cm³/mol. The molecule has 1 aliphatic carbocycles. The number of hydrogen-bond donors (Lipinski definition) is 4. The van der Waals surface area contributed by atoms with Gasteiger partial charge in [-0.15, -0.1) is 0 Å². The second-order valence-corrected chi connectivity index (χ2v) is 9.77. The third kappa shape index (κ3) is 9.77. The molecule has 0 aromatic heterocycles. The molecular weight excluding hydrogens is 448 g/mol. The van der Waals surface area contributed by atoms with Crippen molar-refractivity contribution in [3.05, 3.63) is 54.6 Å². The first-order valence-electron chi connectivity index (χ1n) is 10.8. The van der Waals surface area contributed by atoms with Crippen molar-refractivity contribution >= 4 is 21.6 Å². The number of aliphatic hydroxyl groups is 2. The molecule has 1 fully saturated rings. The first-order valence-corrected chi connectivity index (χ1v) is 12.7. The Labute approximate surface area is 194 Å². The number of rotatable bonds is 12. The maximum absolute atomic E-state index is 11.5. The molecule has 0 aliphatic heterocycles. The summed E-state index contributed by atoms with van der Waals surface area (Å²) in [4.78, 5) is 11.5. The summed E-state index contributed by atoms with van der Waals surface area (Å²) < 4.78 is 29.5. The molecule has 4 atom stereocenters. The Morgan fingerprint density at radius 2 is 2.03 bits per heavy atom. The van der Waals surface area contributed by atoms with Crippen molar-refractivity contribution in [1.82, 2.24) is 4.72 Å². The highest BCUT2D eigenvalue weighted by molar-refractivity contribution is 7.89. The molecule has 33 heavy (non-hydrogen) atoms. The molecule has 0 heterocycles. The fraction of sp³-hybridized carbons (Fsp3) is 0.478. The standard InChI is InChI=1S/C23H32N2O7S/c1-33(30,31)25-23(28)12-8-3-2-7-11-20-19(21(24-29)15-22(20)27)14-13-17(26)16-32-18-9-5-4-6-10-18/h2,4-7,9-10,13-14,17,19-20,22,26-27,29H,3,8,11-12,15-16H2,1H3,(H,25,28)/b7-2+,14-13+,24-21-. The molecule has 0 bridgehead atoms. The lowest BCUT2D eigenvalue weighted by atomic mass is 9.90. The monoisotopic (exact) mass is 480 g/mol. The third-order valence-corrected chi connectivity index (χ3v) is 5.84. The molecule has 1 aromatic rings. The fourth-order valence-corrected chi connectivity index (χ4v) is 4.18. The van der Waals surface area contributed by atoms with Gasteiger partial charge in [0.1, 0.15) is 18.5 Å². The van der Waals surface area contributed by atoms with Gasteiger partial charge in [-0.2, -0.15) is 0 Å². The van der Waals surface area contributed by atoms with Crippen LogP contribution in [0.4, 0.5) is 0 Å². The van der Waals surface area contributed by atoms with Gasteiger partial charge in [0, 0.05) is 24.7 Å². The van der Waals surface area contributed by atoms with Crippen molar-refractivity contribution in [2.24, 2.45) is 17.0 Å². The number of unbranched alkanes of at least 4 members (excludes halogenated alkanes) is 1. The van der Waals surface area contributed by atoms with E-state index in [4.69, 9.17) is 4.74 Å². The summed E-state index contributed by atoms with van der Waals surface area (Å²) in [5.74, 6) is -0.447. The van der Waals surface area contributed by atoms with Gasteiger partial charge >= 0.3 is 0 Å². The van der Waals surface area contributed by atoms with Crippen LogP contribution in [0.3, 0.4) is 0 Å². The van der Waals surface area contributed by atoms with Gasteiger partial charge in [0.2, 0.25) is 15.9 Å². The molecule has 0 saturated heterocycles. The van der Waals surface area contributed by atoms with Crippen molar-refractivity contribution < 1.29 is 33.4 Å². The van der Waals surface area contributed by atoms with Crippen LogP contribution in [-0.2, 0) is 14.8 Å². The first-order chi connectivity index (χ1) is 15.7. The van der Waals surface area contributed by atoms with Crippen LogP contribution in [-0.4, -0.2) is 60.5 Å². The number of oxime groups is 1. The molecule has 10 heteroatoms. The van der Waals surface area contributed by atoms with Gasteiger partial charge in [0.05, 0.1) is 18.1 Å². The lowest BCUT2D eigenvalue weighted by molar-refractivity contribution is -0.119. The SMILES string of the molecule is CS(=O)(=O)NC(=O)CCC/C=C/CC1C(O)C/C(=N/O)C1/C=C/C(O)COc1ccccc1. The Bertz CT molecular complexity index is 945. The molecule has 0 spiro atoms. The highest BCUT2D eigenvalue weighted by Crippen LogP contribution is 2.34. The van der Waals surface area contributed by atoms with E-state index in [2.05, 4.69) is 5.16 Å². The van der Waals surface area contributed by atoms with E-state index < -0.39 is 28.1 Å². The fourth-order valence-electron chi connectivity index (χ4n) is 3.66. The average molecular weight is 481 g/mol. The number of para-hydroxylation sites is 1. The molecule has 0 radical (unpaired) electrons. The van der Waals surface area contributed by atoms with Crippen LogP contribution in [0.25, 0.3) is 0 Å². The number of amides is 1. The van der Waals surface area contributed by atoms with Crippen LogP contribution in [0, 0.1) is 11.8 Å². The van der Waals surface area contributed by atoms with E-state index >= 15 is 0 Å².